The van der Waals surface area contributed by atoms with E-state index in [0.29, 0.717) is 18.3 Å². The highest BCUT2D eigenvalue weighted by atomic mass is 32.1. The van der Waals surface area contributed by atoms with E-state index in [1.54, 1.807) is 11.3 Å². The first-order valence-electron chi connectivity index (χ1n) is 5.30. The summed E-state index contributed by atoms with van der Waals surface area (Å²) in [6.07, 6.45) is 0. The number of hydrogen-bond donors (Lipinski definition) is 0. The summed E-state index contributed by atoms with van der Waals surface area (Å²) in [7, 11) is 0. The maximum atomic E-state index is 11.3. The summed E-state index contributed by atoms with van der Waals surface area (Å²) in [5, 5.41) is 5.87. The van der Waals surface area contributed by atoms with Gasteiger partial charge in [-0.2, -0.15) is 4.98 Å². The van der Waals surface area contributed by atoms with Gasteiger partial charge in [-0.15, -0.1) is 11.3 Å². The van der Waals surface area contributed by atoms with Crippen LogP contribution in [0.1, 0.15) is 18.7 Å². The Morgan fingerprint density at radius 1 is 1.53 bits per heavy atom. The highest BCUT2D eigenvalue weighted by molar-refractivity contribution is 7.13. The molecule has 1 aliphatic heterocycles. The number of thiophene rings is 1. The number of carbonyl (C=O) groups excluding carboxylic acids is 1. The quantitative estimate of drug-likeness (QED) is 0.763. The first-order chi connectivity index (χ1) is 8.25. The van der Waals surface area contributed by atoms with Crippen molar-refractivity contribution in [1.29, 1.82) is 0 Å². The second-order valence-corrected chi connectivity index (χ2v) is 4.91. The van der Waals surface area contributed by atoms with Gasteiger partial charge in [0.05, 0.1) is 16.7 Å². The maximum Gasteiger partial charge on any atom is 0.309 e. The summed E-state index contributed by atoms with van der Waals surface area (Å²) in [5.74, 6) is 0.509. The van der Waals surface area contributed by atoms with Gasteiger partial charge in [0.2, 0.25) is 11.7 Å². The van der Waals surface area contributed by atoms with Crippen LogP contribution >= 0.6 is 11.3 Å². The molecule has 6 heteroatoms. The number of carbonyl (C=O) groups is 1. The molecule has 2 aromatic heterocycles. The second kappa shape index (κ2) is 3.96. The van der Waals surface area contributed by atoms with Crippen LogP contribution in [0.4, 0.5) is 0 Å². The Bertz CT molecular complexity index is 535. The molecule has 0 amide bonds. The summed E-state index contributed by atoms with van der Waals surface area (Å²) in [6.45, 7) is 2.14. The Labute approximate surface area is 101 Å². The molecule has 3 heterocycles. The Morgan fingerprint density at radius 2 is 2.41 bits per heavy atom. The Morgan fingerprint density at radius 3 is 3.06 bits per heavy atom. The largest absolute Gasteiger partial charge is 0.465 e. The smallest absolute Gasteiger partial charge is 0.309 e. The predicted octanol–water partition coefficient (Wildman–Crippen LogP) is 2.07. The second-order valence-electron chi connectivity index (χ2n) is 3.96. The molecule has 0 bridgehead atoms. The first-order valence-corrected chi connectivity index (χ1v) is 6.18. The van der Waals surface area contributed by atoms with Crippen molar-refractivity contribution < 1.29 is 14.1 Å². The lowest BCUT2D eigenvalue weighted by molar-refractivity contribution is -0.140. The van der Waals surface area contributed by atoms with Gasteiger partial charge in [0.1, 0.15) is 6.61 Å². The van der Waals surface area contributed by atoms with Gasteiger partial charge in [0.25, 0.3) is 0 Å². The Kier molecular flexibility index (Phi) is 2.44. The topological polar surface area (TPSA) is 65.2 Å². The van der Waals surface area contributed by atoms with Crippen molar-refractivity contribution in [3.8, 4) is 10.7 Å². The molecule has 0 saturated carbocycles. The van der Waals surface area contributed by atoms with Gasteiger partial charge >= 0.3 is 5.97 Å². The molecule has 0 radical (unpaired) electrons. The van der Waals surface area contributed by atoms with E-state index < -0.39 is 0 Å². The highest BCUT2D eigenvalue weighted by Crippen LogP contribution is 2.32. The lowest BCUT2D eigenvalue weighted by atomic mass is 9.98. The first kappa shape index (κ1) is 10.5. The number of esters is 1. The van der Waals surface area contributed by atoms with Gasteiger partial charge < -0.3 is 9.26 Å². The third kappa shape index (κ3) is 1.74. The third-order valence-corrected chi connectivity index (χ3v) is 3.75. The van der Waals surface area contributed by atoms with Gasteiger partial charge in [-0.1, -0.05) is 18.1 Å². The molecule has 1 saturated heterocycles. The van der Waals surface area contributed by atoms with Crippen LogP contribution in [0.25, 0.3) is 10.7 Å². The molecule has 17 heavy (non-hydrogen) atoms. The average Bonchev–Trinajstić information content (AvgIpc) is 3.01. The van der Waals surface area contributed by atoms with E-state index in [1.165, 1.54) is 0 Å². The van der Waals surface area contributed by atoms with Crippen molar-refractivity contribution >= 4 is 17.3 Å². The minimum Gasteiger partial charge on any atom is -0.465 e. The molecule has 1 aliphatic rings. The summed E-state index contributed by atoms with van der Waals surface area (Å²) in [6, 6.07) is 3.86. The van der Waals surface area contributed by atoms with E-state index >= 15 is 0 Å². The molecule has 0 aliphatic carbocycles. The zero-order valence-corrected chi connectivity index (χ0v) is 9.94. The summed E-state index contributed by atoms with van der Waals surface area (Å²) in [4.78, 5) is 16.6. The standard InChI is InChI=1S/C11H10N2O3S/c1-6-7(5-15-11(6)14)10-12-9(13-16-10)8-3-2-4-17-8/h2-4,6-7H,5H2,1H3. The number of hydrogen-bond acceptors (Lipinski definition) is 6. The summed E-state index contributed by atoms with van der Waals surface area (Å²) < 4.78 is 10.2. The van der Waals surface area contributed by atoms with Crippen LogP contribution in [-0.4, -0.2) is 22.7 Å². The molecule has 88 valence electrons. The van der Waals surface area contributed by atoms with Gasteiger partial charge in [-0.05, 0) is 11.4 Å². The van der Waals surface area contributed by atoms with Gasteiger partial charge in [-0.25, -0.2) is 0 Å². The summed E-state index contributed by atoms with van der Waals surface area (Å²) in [5.41, 5.74) is 0. The highest BCUT2D eigenvalue weighted by Gasteiger charge is 2.38. The van der Waals surface area contributed by atoms with Gasteiger partial charge in [0.15, 0.2) is 0 Å². The van der Waals surface area contributed by atoms with Crippen molar-refractivity contribution in [3.05, 3.63) is 23.4 Å². The lowest BCUT2D eigenvalue weighted by Gasteiger charge is -2.02. The van der Waals surface area contributed by atoms with Crippen LogP contribution in [0, 0.1) is 5.92 Å². The average molecular weight is 250 g/mol. The van der Waals surface area contributed by atoms with E-state index in [9.17, 15) is 4.79 Å². The molecule has 0 aromatic carbocycles. The molecule has 2 unspecified atom stereocenters. The van der Waals surface area contributed by atoms with E-state index in [-0.39, 0.29) is 17.8 Å². The van der Waals surface area contributed by atoms with Crippen LogP contribution in [0.2, 0.25) is 0 Å². The van der Waals surface area contributed by atoms with Crippen LogP contribution in [-0.2, 0) is 9.53 Å². The number of cyclic esters (lactones) is 1. The summed E-state index contributed by atoms with van der Waals surface area (Å²) >= 11 is 1.55. The third-order valence-electron chi connectivity index (χ3n) is 2.88. The predicted molar refractivity (Wildman–Crippen MR) is 60.5 cm³/mol. The van der Waals surface area contributed by atoms with E-state index in [2.05, 4.69) is 10.1 Å². The normalized spacial score (nSPS) is 23.9. The van der Waals surface area contributed by atoms with E-state index in [0.717, 1.165) is 4.88 Å². The van der Waals surface area contributed by atoms with E-state index in [4.69, 9.17) is 9.26 Å². The minimum absolute atomic E-state index is 0.122. The molecule has 0 spiro atoms. The fourth-order valence-electron chi connectivity index (χ4n) is 1.79. The van der Waals surface area contributed by atoms with Gasteiger partial charge in [-0.3, -0.25) is 4.79 Å². The fourth-order valence-corrected chi connectivity index (χ4v) is 2.44. The molecule has 2 aromatic rings. The molecule has 2 atom stereocenters. The van der Waals surface area contributed by atoms with Crippen LogP contribution in [0.15, 0.2) is 22.0 Å². The number of nitrogens with zero attached hydrogens (tertiary/aromatic N) is 2. The van der Waals surface area contributed by atoms with Crippen LogP contribution in [0.5, 0.6) is 0 Å². The molecule has 3 rings (SSSR count). The Balaban J connectivity index is 1.88. The fraction of sp³-hybridized carbons (Fsp3) is 0.364. The van der Waals surface area contributed by atoms with Crippen molar-refractivity contribution in [2.24, 2.45) is 5.92 Å². The van der Waals surface area contributed by atoms with Crippen molar-refractivity contribution in [3.63, 3.8) is 0 Å². The van der Waals surface area contributed by atoms with E-state index in [1.807, 2.05) is 24.4 Å². The van der Waals surface area contributed by atoms with Gasteiger partial charge in [0, 0.05) is 0 Å². The maximum absolute atomic E-state index is 11.3. The molecular formula is C11H10N2O3S. The monoisotopic (exact) mass is 250 g/mol. The van der Waals surface area contributed by atoms with Crippen molar-refractivity contribution in [2.45, 2.75) is 12.8 Å². The molecule has 0 N–H and O–H groups in total. The number of rotatable bonds is 2. The van der Waals surface area contributed by atoms with Crippen molar-refractivity contribution in [1.82, 2.24) is 10.1 Å². The number of ether oxygens (including phenoxy) is 1. The zero-order valence-electron chi connectivity index (χ0n) is 9.12. The zero-order chi connectivity index (χ0) is 11.8. The molecule has 1 fully saturated rings. The Hall–Kier alpha value is -1.69. The van der Waals surface area contributed by atoms with Crippen LogP contribution in [0.3, 0.4) is 0 Å². The number of aromatic nitrogens is 2. The molecular weight excluding hydrogens is 240 g/mol. The van der Waals surface area contributed by atoms with Crippen LogP contribution < -0.4 is 0 Å². The lowest BCUT2D eigenvalue weighted by Crippen LogP contribution is -2.10. The SMILES string of the molecule is CC1C(=O)OCC1c1nc(-c2cccs2)no1. The molecule has 5 nitrogen and oxygen atoms in total. The van der Waals surface area contributed by atoms with Crippen molar-refractivity contribution in [2.75, 3.05) is 6.61 Å². The minimum atomic E-state index is -0.216.